The predicted octanol–water partition coefficient (Wildman–Crippen LogP) is 2.51. The number of benzene rings is 1. The van der Waals surface area contributed by atoms with E-state index in [4.69, 9.17) is 0 Å². The van der Waals surface area contributed by atoms with Crippen molar-refractivity contribution in [3.8, 4) is 5.69 Å². The van der Waals surface area contributed by atoms with E-state index < -0.39 is 11.6 Å². The number of halogens is 2. The molecule has 2 rings (SSSR count). The van der Waals surface area contributed by atoms with Gasteiger partial charge in [0.05, 0.1) is 0 Å². The Balaban J connectivity index is 0.00000128. The molecule has 0 spiro atoms. The van der Waals surface area contributed by atoms with Gasteiger partial charge in [-0.2, -0.15) is 5.10 Å². The van der Waals surface area contributed by atoms with Crippen molar-refractivity contribution in [2.45, 2.75) is 13.3 Å². The van der Waals surface area contributed by atoms with E-state index in [1.54, 1.807) is 19.2 Å². The molecule has 0 atom stereocenters. The summed E-state index contributed by atoms with van der Waals surface area (Å²) in [4.78, 5) is 0. The van der Waals surface area contributed by atoms with E-state index in [-0.39, 0.29) is 25.8 Å². The van der Waals surface area contributed by atoms with Crippen LogP contribution in [0.4, 0.5) is 8.78 Å². The molecule has 0 aliphatic rings. The first kappa shape index (κ1) is 13.0. The summed E-state index contributed by atoms with van der Waals surface area (Å²) in [5.41, 5.74) is 0.514. The third-order valence-electron chi connectivity index (χ3n) is 2.12. The fraction of sp³-hybridized carbons (Fsp3) is 0.182. The summed E-state index contributed by atoms with van der Waals surface area (Å²) in [5, 5.41) is 3.88. The number of aromatic nitrogens is 2. The smallest absolute Gasteiger partial charge is 0.0493 e. The number of aryl methyl sites for hydroxylation is 1. The van der Waals surface area contributed by atoms with Crippen molar-refractivity contribution in [2.75, 3.05) is 0 Å². The molecule has 87 valence electrons. The van der Waals surface area contributed by atoms with Crippen molar-refractivity contribution in [1.82, 2.24) is 9.78 Å². The first-order chi connectivity index (χ1) is 7.22. The van der Waals surface area contributed by atoms with Crippen LogP contribution in [0.3, 0.4) is 0 Å². The normalized spacial score (nSPS) is 9.94. The molecule has 1 radical (unpaired) electrons. The molecule has 0 fully saturated rings. The van der Waals surface area contributed by atoms with E-state index in [0.717, 1.165) is 6.07 Å². The maximum atomic E-state index is 13.4. The number of rotatable bonds is 2. The van der Waals surface area contributed by atoms with Crippen LogP contribution in [0, 0.1) is 17.7 Å². The van der Waals surface area contributed by atoms with Crippen molar-refractivity contribution in [3.63, 3.8) is 0 Å². The van der Waals surface area contributed by atoms with Crippen molar-refractivity contribution >= 4 is 0 Å². The monoisotopic (exact) mass is 400 g/mol. The number of hydrogen-bond donors (Lipinski definition) is 0. The van der Waals surface area contributed by atoms with Gasteiger partial charge < -0.3 is 0 Å². The van der Waals surface area contributed by atoms with Crippen LogP contribution in [0.2, 0.25) is 0 Å². The van der Waals surface area contributed by atoms with Gasteiger partial charge in [0.2, 0.25) is 0 Å². The molecule has 2 aromatic rings. The Morgan fingerprint density at radius 3 is 2.69 bits per heavy atom. The number of hydrogen-bond acceptors (Lipinski definition) is 1. The molecule has 0 aliphatic carbocycles. The topological polar surface area (TPSA) is 17.8 Å². The molecule has 16 heavy (non-hydrogen) atoms. The molecule has 0 saturated heterocycles. The Morgan fingerprint density at radius 2 is 2.12 bits per heavy atom. The molecule has 0 aliphatic heterocycles. The summed E-state index contributed by atoms with van der Waals surface area (Å²) in [6.07, 6.45) is 3.59. The predicted molar refractivity (Wildman–Crippen MR) is 51.7 cm³/mol. The quantitative estimate of drug-likeness (QED) is 0.710. The van der Waals surface area contributed by atoms with Gasteiger partial charge in [0.15, 0.2) is 0 Å². The third kappa shape index (κ3) is 2.36. The van der Waals surface area contributed by atoms with Crippen LogP contribution < -0.4 is 0 Å². The molecule has 2 nitrogen and oxygen atoms in total. The summed E-state index contributed by atoms with van der Waals surface area (Å²) >= 11 is 0. The second-order valence-electron chi connectivity index (χ2n) is 3.10. The molecule has 1 heterocycles. The van der Waals surface area contributed by atoms with E-state index in [1.807, 2.05) is 0 Å². The Morgan fingerprint density at radius 1 is 1.38 bits per heavy atom. The minimum atomic E-state index is -0.659. The van der Waals surface area contributed by atoms with E-state index in [0.29, 0.717) is 12.0 Å². The molecule has 0 unspecified atom stereocenters. The average molecular weight is 399 g/mol. The Kier molecular flexibility index (Phi) is 4.33. The van der Waals surface area contributed by atoms with Crippen LogP contribution >= 0.6 is 0 Å². The summed E-state index contributed by atoms with van der Waals surface area (Å²) in [6, 6.07) is 5.22. The minimum absolute atomic E-state index is 0. The van der Waals surface area contributed by atoms with Crippen molar-refractivity contribution in [2.24, 2.45) is 0 Å². The van der Waals surface area contributed by atoms with Gasteiger partial charge in [-0.25, -0.2) is 0 Å². The largest absolute Gasteiger partial charge is 0.284 e. The minimum Gasteiger partial charge on any atom is -0.284 e. The van der Waals surface area contributed by atoms with E-state index in [9.17, 15) is 8.78 Å². The van der Waals surface area contributed by atoms with Crippen LogP contribution in [0.25, 0.3) is 5.69 Å². The molecular formula is C11H9F2IrN2-. The van der Waals surface area contributed by atoms with Crippen molar-refractivity contribution in [3.05, 3.63) is 47.8 Å². The first-order valence-corrected chi connectivity index (χ1v) is 4.62. The second kappa shape index (κ2) is 5.32. The van der Waals surface area contributed by atoms with Crippen molar-refractivity contribution in [1.29, 1.82) is 0 Å². The molecule has 0 saturated carbocycles. The Labute approximate surface area is 106 Å². The van der Waals surface area contributed by atoms with Gasteiger partial charge in [-0.1, -0.05) is 13.3 Å². The van der Waals surface area contributed by atoms with E-state index >= 15 is 0 Å². The maximum absolute atomic E-state index is 13.4. The summed E-state index contributed by atoms with van der Waals surface area (Å²) in [5.74, 6) is -1.22. The molecule has 0 amide bonds. The summed E-state index contributed by atoms with van der Waals surface area (Å²) < 4.78 is 27.9. The van der Waals surface area contributed by atoms with Gasteiger partial charge in [0.25, 0.3) is 0 Å². The van der Waals surface area contributed by atoms with Crippen LogP contribution in [-0.4, -0.2) is 9.78 Å². The van der Waals surface area contributed by atoms with Gasteiger partial charge in [-0.15, -0.1) is 17.7 Å². The molecule has 0 bridgehead atoms. The SMILES string of the molecule is CCc1[c-]c(-n2cccn2)c(F)cc1F.[Ir]. The first-order valence-electron chi connectivity index (χ1n) is 4.62. The molecule has 5 heteroatoms. The third-order valence-corrected chi connectivity index (χ3v) is 2.12. The van der Waals surface area contributed by atoms with Gasteiger partial charge in [-0.3, -0.25) is 13.5 Å². The zero-order chi connectivity index (χ0) is 10.8. The van der Waals surface area contributed by atoms with Gasteiger partial charge >= 0.3 is 0 Å². The van der Waals surface area contributed by atoms with Crippen LogP contribution in [0.1, 0.15) is 12.5 Å². The van der Waals surface area contributed by atoms with Crippen LogP contribution in [0.15, 0.2) is 24.5 Å². The maximum Gasteiger partial charge on any atom is 0.0493 e. The summed E-state index contributed by atoms with van der Waals surface area (Å²) in [6.45, 7) is 1.79. The van der Waals surface area contributed by atoms with E-state index in [2.05, 4.69) is 11.2 Å². The average Bonchev–Trinajstić information content (AvgIpc) is 2.71. The second-order valence-corrected chi connectivity index (χ2v) is 3.10. The zero-order valence-electron chi connectivity index (χ0n) is 8.50. The molecular weight excluding hydrogens is 390 g/mol. The Bertz CT molecular complexity index is 469. The van der Waals surface area contributed by atoms with Crippen LogP contribution in [-0.2, 0) is 26.5 Å². The molecule has 1 aromatic carbocycles. The molecule has 1 aromatic heterocycles. The fourth-order valence-electron chi connectivity index (χ4n) is 1.35. The van der Waals surface area contributed by atoms with Crippen molar-refractivity contribution < 1.29 is 28.9 Å². The molecule has 0 N–H and O–H groups in total. The zero-order valence-corrected chi connectivity index (χ0v) is 10.9. The van der Waals surface area contributed by atoms with Gasteiger partial charge in [0.1, 0.15) is 0 Å². The van der Waals surface area contributed by atoms with E-state index in [1.165, 1.54) is 10.9 Å². The number of nitrogens with zero attached hydrogens (tertiary/aromatic N) is 2. The fourth-order valence-corrected chi connectivity index (χ4v) is 1.35. The van der Waals surface area contributed by atoms with Crippen LogP contribution in [0.5, 0.6) is 0 Å². The van der Waals surface area contributed by atoms with Gasteiger partial charge in [0, 0.05) is 44.1 Å². The summed E-state index contributed by atoms with van der Waals surface area (Å²) in [7, 11) is 0. The van der Waals surface area contributed by atoms with Gasteiger partial charge in [-0.05, 0) is 11.8 Å². The Hall–Kier alpha value is -1.06. The standard InChI is InChI=1S/C11H9F2N2.Ir/c1-2-8-6-11(10(13)7-9(8)12)15-5-3-4-14-15;/h3-5,7H,2H2,1H3;/q-1;.